The largest absolute Gasteiger partial charge is 0.547 e. The Morgan fingerprint density at radius 2 is 1.88 bits per heavy atom. The quantitative estimate of drug-likeness (QED) is 0.457. The zero-order chi connectivity index (χ0) is 12.9. The second-order valence-corrected chi connectivity index (χ2v) is 9.09. The molecule has 0 aliphatic heterocycles. The van der Waals surface area contributed by atoms with Crippen LogP contribution >= 0.6 is 0 Å². The van der Waals surface area contributed by atoms with Gasteiger partial charge in [0, 0.05) is 5.92 Å². The summed E-state index contributed by atoms with van der Waals surface area (Å²) in [5, 5.41) is 9.70. The first-order chi connectivity index (χ1) is 7.22. The van der Waals surface area contributed by atoms with Gasteiger partial charge in [0.25, 0.3) is 0 Å². The minimum atomic E-state index is -1.73. The van der Waals surface area contributed by atoms with E-state index in [1.54, 1.807) is 13.0 Å². The van der Waals surface area contributed by atoms with Crippen LogP contribution in [-0.4, -0.2) is 32.6 Å². The van der Waals surface area contributed by atoms with Gasteiger partial charge in [-0.05, 0) is 26.6 Å². The average molecular weight is 246 g/mol. The summed E-state index contributed by atoms with van der Waals surface area (Å²) in [6.45, 7) is 9.72. The normalized spacial score (nSPS) is 16.6. The lowest BCUT2D eigenvalue weighted by Gasteiger charge is -2.27. The predicted octanol–water partition coefficient (Wildman–Crippen LogP) is 1.91. The summed E-state index contributed by atoms with van der Waals surface area (Å²) in [5.74, 6) is -0.368. The fourth-order valence-corrected chi connectivity index (χ4v) is 2.26. The van der Waals surface area contributed by atoms with Gasteiger partial charge in [0.15, 0.2) is 6.10 Å². The zero-order valence-electron chi connectivity index (χ0n) is 10.9. The van der Waals surface area contributed by atoms with Gasteiger partial charge < -0.3 is 14.3 Å². The number of aliphatic hydroxyl groups is 1. The minimum Gasteiger partial charge on any atom is -0.547 e. The van der Waals surface area contributed by atoms with Crippen molar-refractivity contribution < 1.29 is 19.1 Å². The average Bonchev–Trinajstić information content (AvgIpc) is 2.21. The molecule has 5 heteroatoms. The first kappa shape index (κ1) is 15.2. The van der Waals surface area contributed by atoms with Crippen molar-refractivity contribution in [3.63, 3.8) is 0 Å². The molecule has 0 amide bonds. The number of carbonyl (C=O) groups excluding carboxylic acids is 1. The Kier molecular flexibility index (Phi) is 5.75. The van der Waals surface area contributed by atoms with E-state index in [9.17, 15) is 9.90 Å². The first-order valence-electron chi connectivity index (χ1n) is 5.34. The highest BCUT2D eigenvalue weighted by Gasteiger charge is 2.29. The Balaban J connectivity index is 4.68. The second-order valence-electron chi connectivity index (χ2n) is 4.66. The van der Waals surface area contributed by atoms with Crippen molar-refractivity contribution in [1.82, 2.24) is 0 Å². The molecule has 0 aliphatic carbocycles. The van der Waals surface area contributed by atoms with Crippen LogP contribution in [0, 0.1) is 5.92 Å². The van der Waals surface area contributed by atoms with Gasteiger partial charge in [-0.3, -0.25) is 0 Å². The molecule has 0 saturated carbocycles. The first-order valence-corrected chi connectivity index (χ1v) is 8.75. The van der Waals surface area contributed by atoms with Crippen LogP contribution in [-0.2, 0) is 14.0 Å². The number of hydrogen-bond donors (Lipinski definition) is 1. The summed E-state index contributed by atoms with van der Waals surface area (Å²) in [6.07, 6.45) is 0.613. The number of esters is 1. The predicted molar refractivity (Wildman–Crippen MR) is 65.4 cm³/mol. The number of allylic oxidation sites excluding steroid dienone is 1. The van der Waals surface area contributed by atoms with Crippen LogP contribution in [0.15, 0.2) is 11.8 Å². The Hall–Kier alpha value is -0.813. The lowest BCUT2D eigenvalue weighted by Crippen LogP contribution is -2.34. The molecule has 0 bridgehead atoms. The molecule has 0 saturated heterocycles. The Labute approximate surface area is 98.4 Å². The van der Waals surface area contributed by atoms with Crippen LogP contribution in [0.1, 0.15) is 13.8 Å². The van der Waals surface area contributed by atoms with Crippen LogP contribution in [0.3, 0.4) is 0 Å². The molecule has 1 N–H and O–H groups in total. The van der Waals surface area contributed by atoms with Crippen molar-refractivity contribution in [2.45, 2.75) is 39.6 Å². The Morgan fingerprint density at radius 1 is 1.38 bits per heavy atom. The van der Waals surface area contributed by atoms with Crippen molar-refractivity contribution in [2.75, 3.05) is 7.11 Å². The van der Waals surface area contributed by atoms with Gasteiger partial charge in [0.1, 0.15) is 0 Å². The molecule has 0 heterocycles. The molecule has 2 atom stereocenters. The molecule has 0 aromatic heterocycles. The molecule has 94 valence electrons. The third-order valence-electron chi connectivity index (χ3n) is 2.07. The number of methoxy groups -OCH3 is 1. The number of aliphatic hydroxyl groups excluding tert-OH is 1. The highest BCUT2D eigenvalue weighted by atomic mass is 28.4. The minimum absolute atomic E-state index is 0.385. The molecule has 4 nitrogen and oxygen atoms in total. The lowest BCUT2D eigenvalue weighted by atomic mass is 10.0. The number of ether oxygens (including phenoxy) is 1. The second kappa shape index (κ2) is 6.05. The number of carbonyl (C=O) groups is 1. The molecule has 16 heavy (non-hydrogen) atoms. The monoisotopic (exact) mass is 246 g/mol. The van der Waals surface area contributed by atoms with E-state index in [1.807, 2.05) is 26.6 Å². The van der Waals surface area contributed by atoms with Crippen LogP contribution in [0.25, 0.3) is 0 Å². The van der Waals surface area contributed by atoms with E-state index < -0.39 is 20.4 Å². The third-order valence-corrected chi connectivity index (χ3v) is 2.92. The van der Waals surface area contributed by atoms with Gasteiger partial charge in [0.05, 0.1) is 12.9 Å². The molecular weight excluding hydrogens is 224 g/mol. The van der Waals surface area contributed by atoms with Crippen molar-refractivity contribution in [3.8, 4) is 0 Å². The van der Waals surface area contributed by atoms with Crippen molar-refractivity contribution in [1.29, 1.82) is 0 Å². The van der Waals surface area contributed by atoms with E-state index in [4.69, 9.17) is 4.43 Å². The van der Waals surface area contributed by atoms with E-state index in [0.717, 1.165) is 0 Å². The van der Waals surface area contributed by atoms with Crippen LogP contribution < -0.4 is 0 Å². The number of hydrogen-bond acceptors (Lipinski definition) is 4. The van der Waals surface area contributed by atoms with Gasteiger partial charge in [-0.1, -0.05) is 13.0 Å². The van der Waals surface area contributed by atoms with E-state index in [2.05, 4.69) is 4.74 Å². The lowest BCUT2D eigenvalue weighted by molar-refractivity contribution is -0.152. The van der Waals surface area contributed by atoms with E-state index >= 15 is 0 Å². The van der Waals surface area contributed by atoms with E-state index in [-0.39, 0.29) is 5.92 Å². The maximum absolute atomic E-state index is 11.2. The highest BCUT2D eigenvalue weighted by Crippen LogP contribution is 2.21. The van der Waals surface area contributed by atoms with Gasteiger partial charge in [0.2, 0.25) is 8.32 Å². The molecule has 0 aromatic rings. The van der Waals surface area contributed by atoms with Gasteiger partial charge in [-0.25, -0.2) is 4.79 Å². The molecule has 0 fully saturated rings. The van der Waals surface area contributed by atoms with Gasteiger partial charge in [-0.15, -0.1) is 0 Å². The topological polar surface area (TPSA) is 55.8 Å². The summed E-state index contributed by atoms with van der Waals surface area (Å²) in [7, 11) is -0.469. The highest BCUT2D eigenvalue weighted by molar-refractivity contribution is 6.70. The molecule has 0 rings (SSSR count). The Morgan fingerprint density at radius 3 is 2.19 bits per heavy atom. The van der Waals surface area contributed by atoms with E-state index in [1.165, 1.54) is 7.11 Å². The summed E-state index contributed by atoms with van der Waals surface area (Å²) in [6, 6.07) is 0. The fourth-order valence-electron chi connectivity index (χ4n) is 1.25. The summed E-state index contributed by atoms with van der Waals surface area (Å²) in [4.78, 5) is 11.2. The molecule has 0 spiro atoms. The maximum Gasteiger partial charge on any atom is 0.335 e. The smallest absolute Gasteiger partial charge is 0.335 e. The SMILES string of the molecule is CC=C(O[Si](C)(C)C)C(C)C(O)C(=O)OC. The standard InChI is InChI=1S/C11H22O4Si/c1-7-9(15-16(4,5)6)8(2)10(12)11(13)14-3/h7-8,10,12H,1-6H3. The summed E-state index contributed by atoms with van der Waals surface area (Å²) in [5.41, 5.74) is 0. The summed E-state index contributed by atoms with van der Waals surface area (Å²) >= 11 is 0. The van der Waals surface area contributed by atoms with Crippen molar-refractivity contribution in [3.05, 3.63) is 11.8 Å². The van der Waals surface area contributed by atoms with Gasteiger partial charge >= 0.3 is 5.97 Å². The Bertz CT molecular complexity index is 268. The zero-order valence-corrected chi connectivity index (χ0v) is 11.9. The van der Waals surface area contributed by atoms with Crippen LogP contribution in [0.5, 0.6) is 0 Å². The molecule has 0 aromatic carbocycles. The van der Waals surface area contributed by atoms with Crippen LogP contribution in [0.2, 0.25) is 19.6 Å². The van der Waals surface area contributed by atoms with Crippen molar-refractivity contribution >= 4 is 14.3 Å². The summed E-state index contributed by atoms with van der Waals surface area (Å²) < 4.78 is 10.3. The molecule has 0 aliphatic rings. The third kappa shape index (κ3) is 4.81. The molecule has 2 unspecified atom stereocenters. The maximum atomic E-state index is 11.2. The number of rotatable bonds is 5. The molecule has 0 radical (unpaired) electrons. The van der Waals surface area contributed by atoms with Crippen LogP contribution in [0.4, 0.5) is 0 Å². The van der Waals surface area contributed by atoms with Gasteiger partial charge in [-0.2, -0.15) is 0 Å². The van der Waals surface area contributed by atoms with E-state index in [0.29, 0.717) is 5.76 Å². The van der Waals surface area contributed by atoms with Crippen molar-refractivity contribution in [2.24, 2.45) is 5.92 Å². The fraction of sp³-hybridized carbons (Fsp3) is 0.727. The molecular formula is C11H22O4Si.